The van der Waals surface area contributed by atoms with Crippen molar-refractivity contribution in [1.82, 2.24) is 4.57 Å². The van der Waals surface area contributed by atoms with Crippen LogP contribution in [-0.2, 0) is 13.0 Å². The number of carbonyl (C=O) groups is 1. The zero-order valence-electron chi connectivity index (χ0n) is 15.5. The molecule has 25 heavy (non-hydrogen) atoms. The van der Waals surface area contributed by atoms with Crippen LogP contribution in [0.4, 0.5) is 0 Å². The van der Waals surface area contributed by atoms with Crippen LogP contribution in [-0.4, -0.2) is 10.5 Å². The molecular weight excluding hydrogens is 328 g/mol. The van der Waals surface area contributed by atoms with Gasteiger partial charge in [0.2, 0.25) is 0 Å². The van der Waals surface area contributed by atoms with E-state index >= 15 is 0 Å². The Balaban J connectivity index is 2.08. The SMILES string of the molecule is CCCCc1c(-c2ccsc2)c(C(N)=O)c(C)n1CC1CCCCC1. The lowest BCUT2D eigenvalue weighted by Crippen LogP contribution is -2.18. The molecule has 2 aromatic rings. The van der Waals surface area contributed by atoms with Gasteiger partial charge in [0.15, 0.2) is 0 Å². The minimum Gasteiger partial charge on any atom is -0.366 e. The molecule has 3 rings (SSSR count). The highest BCUT2D eigenvalue weighted by atomic mass is 32.1. The minimum absolute atomic E-state index is 0.293. The maximum absolute atomic E-state index is 12.3. The first-order valence-corrected chi connectivity index (χ1v) is 10.6. The summed E-state index contributed by atoms with van der Waals surface area (Å²) in [7, 11) is 0. The number of unbranched alkanes of at least 4 members (excludes halogenated alkanes) is 1. The smallest absolute Gasteiger partial charge is 0.251 e. The summed E-state index contributed by atoms with van der Waals surface area (Å²) in [6.07, 6.45) is 9.99. The number of primary amides is 1. The fraction of sp³-hybridized carbons (Fsp3) is 0.571. The van der Waals surface area contributed by atoms with Crippen LogP contribution in [0.5, 0.6) is 0 Å². The van der Waals surface area contributed by atoms with Gasteiger partial charge in [0.05, 0.1) is 5.56 Å². The van der Waals surface area contributed by atoms with Gasteiger partial charge < -0.3 is 10.3 Å². The van der Waals surface area contributed by atoms with Gasteiger partial charge in [-0.1, -0.05) is 32.6 Å². The van der Waals surface area contributed by atoms with Gasteiger partial charge in [-0.25, -0.2) is 0 Å². The highest BCUT2D eigenvalue weighted by molar-refractivity contribution is 7.08. The number of nitrogens with zero attached hydrogens (tertiary/aromatic N) is 1. The molecule has 0 saturated heterocycles. The average Bonchev–Trinajstić information content (AvgIpc) is 3.21. The number of hydrogen-bond donors (Lipinski definition) is 1. The molecule has 2 heterocycles. The van der Waals surface area contributed by atoms with E-state index in [0.29, 0.717) is 0 Å². The molecule has 0 aliphatic heterocycles. The van der Waals surface area contributed by atoms with Crippen LogP contribution in [0.25, 0.3) is 11.1 Å². The highest BCUT2D eigenvalue weighted by Gasteiger charge is 2.26. The monoisotopic (exact) mass is 358 g/mol. The molecule has 0 radical (unpaired) electrons. The lowest BCUT2D eigenvalue weighted by molar-refractivity contribution is 0.1000. The Hall–Kier alpha value is -1.55. The molecule has 0 spiro atoms. The van der Waals surface area contributed by atoms with Crippen LogP contribution in [0.15, 0.2) is 16.8 Å². The van der Waals surface area contributed by atoms with Crippen molar-refractivity contribution in [1.29, 1.82) is 0 Å². The van der Waals surface area contributed by atoms with Gasteiger partial charge in [-0.2, -0.15) is 11.3 Å². The fourth-order valence-corrected chi connectivity index (χ4v) is 4.94. The third-order valence-electron chi connectivity index (χ3n) is 5.62. The summed E-state index contributed by atoms with van der Waals surface area (Å²) in [5.74, 6) is 0.440. The van der Waals surface area contributed by atoms with E-state index in [1.807, 2.05) is 0 Å². The first kappa shape index (κ1) is 18.2. The summed E-state index contributed by atoms with van der Waals surface area (Å²) in [6, 6.07) is 2.12. The summed E-state index contributed by atoms with van der Waals surface area (Å²) in [5.41, 5.74) is 11.2. The molecule has 3 nitrogen and oxygen atoms in total. The Morgan fingerprint density at radius 3 is 2.68 bits per heavy atom. The van der Waals surface area contributed by atoms with Crippen molar-refractivity contribution in [2.45, 2.75) is 71.8 Å². The molecule has 136 valence electrons. The molecule has 2 aromatic heterocycles. The van der Waals surface area contributed by atoms with Crippen molar-refractivity contribution in [3.05, 3.63) is 33.8 Å². The second-order valence-corrected chi connectivity index (χ2v) is 8.16. The van der Waals surface area contributed by atoms with E-state index in [1.165, 1.54) is 37.8 Å². The van der Waals surface area contributed by atoms with E-state index in [2.05, 4.69) is 35.2 Å². The number of nitrogens with two attached hydrogens (primary N) is 1. The topological polar surface area (TPSA) is 48.0 Å². The van der Waals surface area contributed by atoms with Crippen LogP contribution < -0.4 is 5.73 Å². The fourth-order valence-electron chi connectivity index (χ4n) is 4.30. The van der Waals surface area contributed by atoms with E-state index in [4.69, 9.17) is 5.73 Å². The summed E-state index contributed by atoms with van der Waals surface area (Å²) < 4.78 is 2.43. The predicted octanol–water partition coefficient (Wildman–Crippen LogP) is 5.55. The van der Waals surface area contributed by atoms with Crippen LogP contribution in [0.3, 0.4) is 0 Å². The Labute approximate surface area is 155 Å². The van der Waals surface area contributed by atoms with Crippen molar-refractivity contribution in [2.24, 2.45) is 11.7 Å². The Kier molecular flexibility index (Phi) is 6.00. The normalized spacial score (nSPS) is 15.6. The third-order valence-corrected chi connectivity index (χ3v) is 6.30. The van der Waals surface area contributed by atoms with E-state index < -0.39 is 0 Å². The number of aromatic nitrogens is 1. The second-order valence-electron chi connectivity index (χ2n) is 7.38. The van der Waals surface area contributed by atoms with Gasteiger partial charge in [0.1, 0.15) is 0 Å². The van der Waals surface area contributed by atoms with Crippen LogP contribution in [0.2, 0.25) is 0 Å². The quantitative estimate of drug-likeness (QED) is 0.693. The summed E-state index contributed by atoms with van der Waals surface area (Å²) in [5, 5.41) is 4.22. The van der Waals surface area contributed by atoms with Crippen LogP contribution in [0.1, 0.15) is 73.6 Å². The first-order valence-electron chi connectivity index (χ1n) is 9.67. The molecule has 0 aromatic carbocycles. The molecule has 2 N–H and O–H groups in total. The minimum atomic E-state index is -0.293. The van der Waals surface area contributed by atoms with E-state index in [9.17, 15) is 4.79 Å². The first-order chi connectivity index (χ1) is 12.1. The highest BCUT2D eigenvalue weighted by Crippen LogP contribution is 2.36. The third kappa shape index (κ3) is 3.84. The maximum Gasteiger partial charge on any atom is 0.251 e. The summed E-state index contributed by atoms with van der Waals surface area (Å²) in [6.45, 7) is 5.34. The van der Waals surface area contributed by atoms with Gasteiger partial charge in [-0.05, 0) is 60.9 Å². The number of rotatable bonds is 7. The standard InChI is InChI=1S/C21H30N2OS/c1-3-4-10-18-20(17-11-12-25-14-17)19(21(22)24)15(2)23(18)13-16-8-6-5-7-9-16/h11-12,14,16H,3-10,13H2,1-2H3,(H2,22,24). The van der Waals surface area contributed by atoms with Crippen molar-refractivity contribution >= 4 is 17.2 Å². The number of carbonyl (C=O) groups excluding carboxylic acids is 1. The van der Waals surface area contributed by atoms with Gasteiger partial charge in [0.25, 0.3) is 5.91 Å². The molecule has 1 aliphatic rings. The molecule has 1 fully saturated rings. The van der Waals surface area contributed by atoms with Crippen molar-refractivity contribution < 1.29 is 4.79 Å². The maximum atomic E-state index is 12.3. The van der Waals surface area contributed by atoms with E-state index in [1.54, 1.807) is 11.3 Å². The summed E-state index contributed by atoms with van der Waals surface area (Å²) >= 11 is 1.68. The van der Waals surface area contributed by atoms with Gasteiger partial charge in [0, 0.05) is 23.5 Å². The second kappa shape index (κ2) is 8.22. The van der Waals surface area contributed by atoms with Gasteiger partial charge in [-0.3, -0.25) is 4.79 Å². The van der Waals surface area contributed by atoms with Crippen molar-refractivity contribution in [2.75, 3.05) is 0 Å². The van der Waals surface area contributed by atoms with Gasteiger partial charge >= 0.3 is 0 Å². The molecule has 1 aliphatic carbocycles. The largest absolute Gasteiger partial charge is 0.366 e. The molecule has 1 amide bonds. The number of hydrogen-bond acceptors (Lipinski definition) is 2. The molecule has 1 saturated carbocycles. The van der Waals surface area contributed by atoms with Crippen molar-refractivity contribution in [3.8, 4) is 11.1 Å². The van der Waals surface area contributed by atoms with E-state index in [0.717, 1.165) is 54.1 Å². The number of thiophene rings is 1. The number of amides is 1. The Bertz CT molecular complexity index is 709. The molecule has 4 heteroatoms. The lowest BCUT2D eigenvalue weighted by Gasteiger charge is -2.24. The molecule has 0 unspecified atom stereocenters. The zero-order valence-corrected chi connectivity index (χ0v) is 16.3. The zero-order chi connectivity index (χ0) is 17.8. The lowest BCUT2D eigenvalue weighted by atomic mass is 9.89. The summed E-state index contributed by atoms with van der Waals surface area (Å²) in [4.78, 5) is 12.3. The van der Waals surface area contributed by atoms with E-state index in [-0.39, 0.29) is 5.91 Å². The molecule has 0 atom stereocenters. The average molecular weight is 359 g/mol. The molecular formula is C21H30N2OS. The van der Waals surface area contributed by atoms with Crippen LogP contribution in [0, 0.1) is 12.8 Å². The molecule has 0 bridgehead atoms. The Morgan fingerprint density at radius 2 is 2.08 bits per heavy atom. The Morgan fingerprint density at radius 1 is 1.32 bits per heavy atom. The van der Waals surface area contributed by atoms with Gasteiger partial charge in [-0.15, -0.1) is 0 Å². The predicted molar refractivity (Wildman–Crippen MR) is 106 cm³/mol. The van der Waals surface area contributed by atoms with Crippen molar-refractivity contribution in [3.63, 3.8) is 0 Å². The van der Waals surface area contributed by atoms with Crippen LogP contribution >= 0.6 is 11.3 Å².